The molecule has 0 aliphatic carbocycles. The highest BCUT2D eigenvalue weighted by Crippen LogP contribution is 2.09. The monoisotopic (exact) mass is 322 g/mol. The van der Waals surface area contributed by atoms with Crippen molar-refractivity contribution in [2.45, 2.75) is 13.1 Å². The second-order valence-electron chi connectivity index (χ2n) is 4.39. The molecule has 0 saturated carbocycles. The second kappa shape index (κ2) is 7.86. The van der Waals surface area contributed by atoms with Gasteiger partial charge in [-0.3, -0.25) is 4.99 Å². The second-order valence-corrected chi connectivity index (χ2v) is 5.22. The Morgan fingerprint density at radius 1 is 1.00 bits per heavy atom. The summed E-state index contributed by atoms with van der Waals surface area (Å²) < 4.78 is 0. The quantitative estimate of drug-likeness (QED) is 0.516. The minimum Gasteiger partial charge on any atom is -0.352 e. The van der Waals surface area contributed by atoms with Crippen molar-refractivity contribution in [3.05, 3.63) is 63.9 Å². The van der Waals surface area contributed by atoms with Crippen LogP contribution in [0.5, 0.6) is 0 Å². The van der Waals surface area contributed by atoms with Crippen LogP contribution >= 0.6 is 23.2 Å². The van der Waals surface area contributed by atoms with E-state index in [0.29, 0.717) is 18.2 Å². The average Bonchev–Trinajstić information content (AvgIpc) is 2.51. The number of rotatable bonds is 4. The first-order chi connectivity index (χ1) is 10.2. The van der Waals surface area contributed by atoms with Crippen LogP contribution in [0.25, 0.3) is 0 Å². The summed E-state index contributed by atoms with van der Waals surface area (Å²) in [6, 6.07) is 11.4. The molecule has 1 aromatic heterocycles. The fourth-order valence-corrected chi connectivity index (χ4v) is 1.94. The molecule has 0 radical (unpaired) electrons. The molecule has 0 aliphatic heterocycles. The number of hydrogen-bond donors (Lipinski definition) is 2. The van der Waals surface area contributed by atoms with E-state index in [1.807, 2.05) is 30.3 Å². The topological polar surface area (TPSA) is 49.3 Å². The van der Waals surface area contributed by atoms with Crippen molar-refractivity contribution in [1.29, 1.82) is 0 Å². The highest BCUT2D eigenvalue weighted by atomic mass is 35.5. The molecule has 1 aromatic carbocycles. The molecule has 0 unspecified atom stereocenters. The van der Waals surface area contributed by atoms with E-state index in [1.54, 1.807) is 19.3 Å². The summed E-state index contributed by atoms with van der Waals surface area (Å²) >= 11 is 11.6. The SMILES string of the molecule is CN=C(NCc1ccc(Cl)cc1)NCc1ccc(Cl)nc1. The number of guanidine groups is 1. The number of aliphatic imine (C=N–C) groups is 1. The number of halogens is 2. The molecule has 2 aromatic rings. The molecule has 0 spiro atoms. The van der Waals surface area contributed by atoms with E-state index in [4.69, 9.17) is 23.2 Å². The largest absolute Gasteiger partial charge is 0.352 e. The lowest BCUT2D eigenvalue weighted by Gasteiger charge is -2.12. The predicted molar refractivity (Wildman–Crippen MR) is 87.7 cm³/mol. The number of aromatic nitrogens is 1. The van der Waals surface area contributed by atoms with E-state index in [9.17, 15) is 0 Å². The van der Waals surface area contributed by atoms with Crippen molar-refractivity contribution in [3.63, 3.8) is 0 Å². The Kier molecular flexibility index (Phi) is 5.84. The van der Waals surface area contributed by atoms with Crippen LogP contribution in [0, 0.1) is 0 Å². The first-order valence-electron chi connectivity index (χ1n) is 6.47. The van der Waals surface area contributed by atoms with Gasteiger partial charge in [-0.1, -0.05) is 41.4 Å². The Bertz CT molecular complexity index is 543. The fraction of sp³-hybridized carbons (Fsp3) is 0.200. The highest BCUT2D eigenvalue weighted by molar-refractivity contribution is 6.30. The number of pyridine rings is 1. The van der Waals surface area contributed by atoms with Gasteiger partial charge < -0.3 is 10.6 Å². The lowest BCUT2D eigenvalue weighted by atomic mass is 10.2. The average molecular weight is 323 g/mol. The molecule has 0 aliphatic rings. The molecule has 2 rings (SSSR count). The van der Waals surface area contributed by atoms with Gasteiger partial charge in [0.1, 0.15) is 5.15 Å². The molecule has 0 atom stereocenters. The summed E-state index contributed by atoms with van der Waals surface area (Å²) in [6.45, 7) is 1.31. The molecule has 110 valence electrons. The lowest BCUT2D eigenvalue weighted by molar-refractivity contribution is 0.807. The van der Waals surface area contributed by atoms with Gasteiger partial charge in [0.2, 0.25) is 0 Å². The van der Waals surface area contributed by atoms with Gasteiger partial charge in [-0.05, 0) is 29.3 Å². The van der Waals surface area contributed by atoms with Gasteiger partial charge in [0.25, 0.3) is 0 Å². The molecule has 6 heteroatoms. The van der Waals surface area contributed by atoms with Crippen molar-refractivity contribution in [1.82, 2.24) is 15.6 Å². The van der Waals surface area contributed by atoms with Crippen molar-refractivity contribution >= 4 is 29.2 Å². The molecule has 2 N–H and O–H groups in total. The zero-order valence-electron chi connectivity index (χ0n) is 11.6. The maximum atomic E-state index is 5.86. The van der Waals surface area contributed by atoms with E-state index in [0.717, 1.165) is 22.1 Å². The Balaban J connectivity index is 1.83. The third kappa shape index (κ3) is 5.25. The Morgan fingerprint density at radius 3 is 2.19 bits per heavy atom. The van der Waals surface area contributed by atoms with Crippen LogP contribution in [-0.4, -0.2) is 18.0 Å². The summed E-state index contributed by atoms with van der Waals surface area (Å²) in [4.78, 5) is 8.21. The van der Waals surface area contributed by atoms with Crippen LogP contribution in [-0.2, 0) is 13.1 Å². The Hall–Kier alpha value is -1.78. The van der Waals surface area contributed by atoms with E-state index in [1.165, 1.54) is 0 Å². The summed E-state index contributed by atoms with van der Waals surface area (Å²) in [5.41, 5.74) is 2.17. The van der Waals surface area contributed by atoms with E-state index in [2.05, 4.69) is 20.6 Å². The number of benzene rings is 1. The smallest absolute Gasteiger partial charge is 0.191 e. The fourth-order valence-electron chi connectivity index (χ4n) is 1.71. The minimum absolute atomic E-state index is 0.490. The number of nitrogens with one attached hydrogen (secondary N) is 2. The van der Waals surface area contributed by atoms with Crippen LogP contribution in [0.15, 0.2) is 47.6 Å². The van der Waals surface area contributed by atoms with Gasteiger partial charge in [-0.15, -0.1) is 0 Å². The molecular weight excluding hydrogens is 307 g/mol. The molecular formula is C15H16Cl2N4. The molecule has 0 amide bonds. The van der Waals surface area contributed by atoms with Crippen LogP contribution in [0.1, 0.15) is 11.1 Å². The van der Waals surface area contributed by atoms with E-state index >= 15 is 0 Å². The molecule has 0 bridgehead atoms. The van der Waals surface area contributed by atoms with Gasteiger partial charge in [-0.25, -0.2) is 4.98 Å². The lowest BCUT2D eigenvalue weighted by Crippen LogP contribution is -2.36. The van der Waals surface area contributed by atoms with Crippen LogP contribution in [0.2, 0.25) is 10.2 Å². The predicted octanol–water partition coefficient (Wildman–Crippen LogP) is 3.25. The van der Waals surface area contributed by atoms with Gasteiger partial charge in [0, 0.05) is 31.4 Å². The summed E-state index contributed by atoms with van der Waals surface area (Å²) in [6.07, 6.45) is 1.74. The summed E-state index contributed by atoms with van der Waals surface area (Å²) in [5, 5.41) is 7.68. The van der Waals surface area contributed by atoms with Gasteiger partial charge in [0.05, 0.1) is 0 Å². The molecule has 4 nitrogen and oxygen atoms in total. The molecule has 0 fully saturated rings. The first-order valence-corrected chi connectivity index (χ1v) is 7.22. The van der Waals surface area contributed by atoms with Crippen molar-refractivity contribution in [2.24, 2.45) is 4.99 Å². The zero-order valence-corrected chi connectivity index (χ0v) is 13.1. The molecule has 1 heterocycles. The summed E-state index contributed by atoms with van der Waals surface area (Å²) in [5.74, 6) is 0.722. The van der Waals surface area contributed by atoms with Crippen molar-refractivity contribution in [2.75, 3.05) is 7.05 Å². The van der Waals surface area contributed by atoms with Crippen LogP contribution in [0.4, 0.5) is 0 Å². The van der Waals surface area contributed by atoms with E-state index < -0.39 is 0 Å². The molecule has 21 heavy (non-hydrogen) atoms. The van der Waals surface area contributed by atoms with Gasteiger partial charge >= 0.3 is 0 Å². The van der Waals surface area contributed by atoms with Crippen LogP contribution < -0.4 is 10.6 Å². The number of nitrogens with zero attached hydrogens (tertiary/aromatic N) is 2. The maximum absolute atomic E-state index is 5.86. The van der Waals surface area contributed by atoms with Crippen molar-refractivity contribution < 1.29 is 0 Å². The first kappa shape index (κ1) is 15.6. The minimum atomic E-state index is 0.490. The van der Waals surface area contributed by atoms with Crippen molar-refractivity contribution in [3.8, 4) is 0 Å². The Labute approximate surface area is 134 Å². The van der Waals surface area contributed by atoms with Crippen LogP contribution in [0.3, 0.4) is 0 Å². The van der Waals surface area contributed by atoms with Gasteiger partial charge in [0.15, 0.2) is 5.96 Å². The highest BCUT2D eigenvalue weighted by Gasteiger charge is 2.00. The van der Waals surface area contributed by atoms with Gasteiger partial charge in [-0.2, -0.15) is 0 Å². The normalized spacial score (nSPS) is 11.3. The Morgan fingerprint density at radius 2 is 1.62 bits per heavy atom. The number of hydrogen-bond acceptors (Lipinski definition) is 2. The maximum Gasteiger partial charge on any atom is 0.191 e. The third-order valence-corrected chi connectivity index (χ3v) is 3.32. The third-order valence-electron chi connectivity index (χ3n) is 2.85. The summed E-state index contributed by atoms with van der Waals surface area (Å²) in [7, 11) is 1.73. The zero-order chi connectivity index (χ0) is 15.1. The standard InChI is InChI=1S/C15H16Cl2N4/c1-18-15(20-8-11-2-5-13(16)6-3-11)21-10-12-4-7-14(17)19-9-12/h2-7,9H,8,10H2,1H3,(H2,18,20,21). The van der Waals surface area contributed by atoms with E-state index in [-0.39, 0.29) is 0 Å². The molecule has 0 saturated heterocycles.